The molecule has 0 heterocycles. The van der Waals surface area contributed by atoms with Crippen molar-refractivity contribution in [2.75, 3.05) is 34.9 Å². The Kier molecular flexibility index (Phi) is 8.66. The lowest BCUT2D eigenvalue weighted by Gasteiger charge is -2.09. The van der Waals surface area contributed by atoms with Crippen molar-refractivity contribution in [3.05, 3.63) is 23.8 Å². The van der Waals surface area contributed by atoms with E-state index in [9.17, 15) is 4.79 Å². The number of aldehydes is 1. The molecule has 0 aliphatic rings. The van der Waals surface area contributed by atoms with E-state index in [1.165, 1.54) is 0 Å². The monoisotopic (exact) mass is 253 g/mol. The van der Waals surface area contributed by atoms with Crippen molar-refractivity contribution >= 4 is 6.29 Å². The summed E-state index contributed by atoms with van der Waals surface area (Å²) in [6, 6.07) is 5.12. The van der Waals surface area contributed by atoms with Crippen LogP contribution in [0.4, 0.5) is 0 Å². The van der Waals surface area contributed by atoms with Crippen molar-refractivity contribution in [3.8, 4) is 11.5 Å². The molecule has 0 fully saturated rings. The molecule has 1 aromatic rings. The number of carbonyl (C=O) groups is 1. The Morgan fingerprint density at radius 3 is 2.28 bits per heavy atom. The van der Waals surface area contributed by atoms with Crippen molar-refractivity contribution in [2.45, 2.75) is 13.3 Å². The number of methoxy groups -OCH3 is 1. The van der Waals surface area contributed by atoms with Gasteiger partial charge in [-0.15, -0.1) is 0 Å². The first-order valence-corrected chi connectivity index (χ1v) is 5.92. The fraction of sp³-hybridized carbons (Fsp3) is 0.500. The first kappa shape index (κ1) is 16.4. The maximum absolute atomic E-state index is 10.5. The topological polar surface area (TPSA) is 38.8 Å². The molecular weight excluding hydrogens is 230 g/mol. The zero-order valence-electron chi connectivity index (χ0n) is 11.9. The number of rotatable bonds is 5. The maximum atomic E-state index is 10.5. The van der Waals surface area contributed by atoms with Crippen LogP contribution >= 0.6 is 0 Å². The summed E-state index contributed by atoms with van der Waals surface area (Å²) in [4.78, 5) is 12.5. The third-order valence-electron chi connectivity index (χ3n) is 1.79. The van der Waals surface area contributed by atoms with Crippen LogP contribution in [-0.2, 0) is 0 Å². The number of ether oxygens (including phenoxy) is 2. The second-order valence-electron chi connectivity index (χ2n) is 4.22. The van der Waals surface area contributed by atoms with Crippen LogP contribution in [0.25, 0.3) is 0 Å². The third-order valence-corrected chi connectivity index (χ3v) is 1.79. The van der Waals surface area contributed by atoms with Crippen LogP contribution < -0.4 is 9.47 Å². The standard InChI is InChI=1S/C11H14O3.C3H9N/c1-3-6-14-10-5-4-9(8-12)7-11(10)13-2;1-4(2)3/h4-5,7-8H,3,6H2,1-2H3;1-3H3. The van der Waals surface area contributed by atoms with Crippen molar-refractivity contribution in [2.24, 2.45) is 0 Å². The highest BCUT2D eigenvalue weighted by atomic mass is 16.5. The van der Waals surface area contributed by atoms with E-state index < -0.39 is 0 Å². The van der Waals surface area contributed by atoms with Gasteiger partial charge in [0.1, 0.15) is 6.29 Å². The molecule has 0 aromatic heterocycles. The summed E-state index contributed by atoms with van der Waals surface area (Å²) >= 11 is 0. The molecule has 0 aliphatic carbocycles. The predicted molar refractivity (Wildman–Crippen MR) is 73.8 cm³/mol. The average molecular weight is 253 g/mol. The molecule has 1 rings (SSSR count). The Hall–Kier alpha value is -1.55. The van der Waals surface area contributed by atoms with Crippen molar-refractivity contribution in [3.63, 3.8) is 0 Å². The van der Waals surface area contributed by atoms with Crippen molar-refractivity contribution in [1.82, 2.24) is 4.90 Å². The van der Waals surface area contributed by atoms with E-state index in [0.29, 0.717) is 23.7 Å². The summed E-state index contributed by atoms with van der Waals surface area (Å²) in [5.74, 6) is 1.28. The van der Waals surface area contributed by atoms with Gasteiger partial charge in [-0.05, 0) is 45.8 Å². The van der Waals surface area contributed by atoms with Gasteiger partial charge in [-0.25, -0.2) is 0 Å². The van der Waals surface area contributed by atoms with Gasteiger partial charge < -0.3 is 14.4 Å². The second kappa shape index (κ2) is 9.48. The molecule has 0 aliphatic heterocycles. The highest BCUT2D eigenvalue weighted by Gasteiger charge is 2.04. The molecule has 102 valence electrons. The lowest BCUT2D eigenvalue weighted by atomic mass is 10.2. The molecule has 0 atom stereocenters. The van der Waals surface area contributed by atoms with Crippen LogP contribution in [0, 0.1) is 0 Å². The Balaban J connectivity index is 0.000000631. The van der Waals surface area contributed by atoms with Crippen LogP contribution in [0.2, 0.25) is 0 Å². The molecule has 0 bridgehead atoms. The second-order valence-corrected chi connectivity index (χ2v) is 4.22. The molecule has 0 saturated carbocycles. The van der Waals surface area contributed by atoms with E-state index in [-0.39, 0.29) is 0 Å². The van der Waals surface area contributed by atoms with Gasteiger partial charge in [0.15, 0.2) is 11.5 Å². The van der Waals surface area contributed by atoms with E-state index in [1.807, 2.05) is 33.0 Å². The molecule has 0 N–H and O–H groups in total. The summed E-state index contributed by atoms with van der Waals surface area (Å²) in [5.41, 5.74) is 0.589. The molecule has 0 saturated heterocycles. The van der Waals surface area contributed by atoms with Crippen LogP contribution in [-0.4, -0.2) is 46.0 Å². The number of hydrogen-bond donors (Lipinski definition) is 0. The Bertz CT molecular complexity index is 348. The van der Waals surface area contributed by atoms with Gasteiger partial charge in [0.05, 0.1) is 13.7 Å². The molecular formula is C14H23NO3. The van der Waals surface area contributed by atoms with Gasteiger partial charge >= 0.3 is 0 Å². The minimum atomic E-state index is 0.589. The summed E-state index contributed by atoms with van der Waals surface area (Å²) < 4.78 is 10.5. The van der Waals surface area contributed by atoms with Gasteiger partial charge in [0, 0.05) is 5.56 Å². The zero-order valence-corrected chi connectivity index (χ0v) is 11.9. The number of hydrogen-bond acceptors (Lipinski definition) is 4. The number of nitrogens with zero attached hydrogens (tertiary/aromatic N) is 1. The quantitative estimate of drug-likeness (QED) is 0.756. The fourth-order valence-electron chi connectivity index (χ4n) is 1.09. The van der Waals surface area contributed by atoms with E-state index in [2.05, 4.69) is 0 Å². The summed E-state index contributed by atoms with van der Waals surface area (Å²) in [7, 11) is 7.56. The molecule has 1 aromatic carbocycles. The molecule has 0 unspecified atom stereocenters. The summed E-state index contributed by atoms with van der Waals surface area (Å²) in [6.45, 7) is 2.68. The minimum absolute atomic E-state index is 0.589. The van der Waals surface area contributed by atoms with E-state index in [0.717, 1.165) is 12.7 Å². The molecule has 0 radical (unpaired) electrons. The average Bonchev–Trinajstić information content (AvgIpc) is 2.35. The Labute approximate surface area is 110 Å². The summed E-state index contributed by atoms with van der Waals surface area (Å²) in [5, 5.41) is 0. The van der Waals surface area contributed by atoms with Crippen LogP contribution in [0.3, 0.4) is 0 Å². The third kappa shape index (κ3) is 6.91. The lowest BCUT2D eigenvalue weighted by molar-refractivity contribution is 0.112. The van der Waals surface area contributed by atoms with E-state index in [1.54, 1.807) is 25.3 Å². The molecule has 4 nitrogen and oxygen atoms in total. The normalized spacial score (nSPS) is 9.44. The first-order chi connectivity index (χ1) is 8.54. The molecule has 0 spiro atoms. The predicted octanol–water partition coefficient (Wildman–Crippen LogP) is 2.47. The Morgan fingerprint density at radius 2 is 1.83 bits per heavy atom. The zero-order chi connectivity index (χ0) is 14.0. The van der Waals surface area contributed by atoms with E-state index in [4.69, 9.17) is 9.47 Å². The van der Waals surface area contributed by atoms with Crippen LogP contribution in [0.1, 0.15) is 23.7 Å². The van der Waals surface area contributed by atoms with Gasteiger partial charge in [-0.1, -0.05) is 6.92 Å². The maximum Gasteiger partial charge on any atom is 0.161 e. The lowest BCUT2D eigenvalue weighted by Crippen LogP contribution is -1.99. The smallest absolute Gasteiger partial charge is 0.161 e. The molecule has 0 amide bonds. The number of carbonyl (C=O) groups excluding carboxylic acids is 1. The minimum Gasteiger partial charge on any atom is -0.493 e. The largest absolute Gasteiger partial charge is 0.493 e. The van der Waals surface area contributed by atoms with Gasteiger partial charge in [0.25, 0.3) is 0 Å². The molecule has 4 heteroatoms. The summed E-state index contributed by atoms with van der Waals surface area (Å²) in [6.07, 6.45) is 1.73. The SMILES string of the molecule is CCCOc1ccc(C=O)cc1OC.CN(C)C. The van der Waals surface area contributed by atoms with Gasteiger partial charge in [-0.2, -0.15) is 0 Å². The van der Waals surface area contributed by atoms with E-state index >= 15 is 0 Å². The van der Waals surface area contributed by atoms with Crippen LogP contribution in [0.15, 0.2) is 18.2 Å². The molecule has 18 heavy (non-hydrogen) atoms. The van der Waals surface area contributed by atoms with Gasteiger partial charge in [-0.3, -0.25) is 4.79 Å². The highest BCUT2D eigenvalue weighted by molar-refractivity contribution is 5.76. The van der Waals surface area contributed by atoms with Crippen molar-refractivity contribution < 1.29 is 14.3 Å². The number of benzene rings is 1. The first-order valence-electron chi connectivity index (χ1n) is 5.92. The highest BCUT2D eigenvalue weighted by Crippen LogP contribution is 2.27. The fourth-order valence-corrected chi connectivity index (χ4v) is 1.09. The van der Waals surface area contributed by atoms with Crippen molar-refractivity contribution in [1.29, 1.82) is 0 Å². The Morgan fingerprint density at radius 1 is 1.22 bits per heavy atom. The van der Waals surface area contributed by atoms with Crippen LogP contribution in [0.5, 0.6) is 11.5 Å². The van der Waals surface area contributed by atoms with Gasteiger partial charge in [0.2, 0.25) is 0 Å².